The van der Waals surface area contributed by atoms with Crippen LogP contribution < -0.4 is 4.74 Å². The van der Waals surface area contributed by atoms with Crippen LogP contribution in [0.3, 0.4) is 0 Å². The lowest BCUT2D eigenvalue weighted by Crippen LogP contribution is -1.99. The number of benzene rings is 1. The molecule has 0 saturated carbocycles. The number of rotatable bonds is 5. The second-order valence-electron chi connectivity index (χ2n) is 4.17. The zero-order valence-electron chi connectivity index (χ0n) is 10.8. The van der Waals surface area contributed by atoms with Crippen LogP contribution in [-0.4, -0.2) is 23.3 Å². The molecule has 1 aromatic heterocycles. The van der Waals surface area contributed by atoms with Crippen molar-refractivity contribution in [3.05, 3.63) is 35.5 Å². The van der Waals surface area contributed by atoms with Crippen LogP contribution in [0.2, 0.25) is 0 Å². The number of aryl methyl sites for hydroxylation is 1. The Kier molecular flexibility index (Phi) is 3.85. The summed E-state index contributed by atoms with van der Waals surface area (Å²) in [5.74, 6) is 0.415. The molecule has 0 fully saturated rings. The van der Waals surface area contributed by atoms with Crippen molar-refractivity contribution < 1.29 is 19.2 Å². The van der Waals surface area contributed by atoms with E-state index in [1.54, 1.807) is 14.0 Å². The molecule has 5 nitrogen and oxygen atoms in total. The van der Waals surface area contributed by atoms with Gasteiger partial charge in [0.15, 0.2) is 5.76 Å². The standard InChI is InChI=1S/C14H15NO4/c1-9-10(7-8-13(16)17)14(19-15-9)11-5-3-4-6-12(11)18-2/h3-6H,7-8H2,1-2H3,(H,16,17). The highest BCUT2D eigenvalue weighted by atomic mass is 16.5. The average Bonchev–Trinajstić information content (AvgIpc) is 2.77. The number of carbonyl (C=O) groups is 1. The van der Waals surface area contributed by atoms with Gasteiger partial charge in [0, 0.05) is 12.0 Å². The minimum absolute atomic E-state index is 0.0458. The van der Waals surface area contributed by atoms with Gasteiger partial charge in [-0.15, -0.1) is 0 Å². The van der Waals surface area contributed by atoms with Crippen LogP contribution >= 0.6 is 0 Å². The van der Waals surface area contributed by atoms with Gasteiger partial charge in [0.1, 0.15) is 5.75 Å². The molecule has 0 unspecified atom stereocenters. The molecule has 19 heavy (non-hydrogen) atoms. The maximum Gasteiger partial charge on any atom is 0.303 e. The number of ether oxygens (including phenoxy) is 1. The molecule has 0 amide bonds. The molecule has 100 valence electrons. The first kappa shape index (κ1) is 13.1. The molecule has 0 aliphatic heterocycles. The summed E-state index contributed by atoms with van der Waals surface area (Å²) in [7, 11) is 1.58. The van der Waals surface area contributed by atoms with Gasteiger partial charge in [0.25, 0.3) is 0 Å². The van der Waals surface area contributed by atoms with Crippen LogP contribution in [-0.2, 0) is 11.2 Å². The fourth-order valence-corrected chi connectivity index (χ4v) is 1.96. The van der Waals surface area contributed by atoms with E-state index < -0.39 is 5.97 Å². The van der Waals surface area contributed by atoms with Gasteiger partial charge in [0.05, 0.1) is 18.4 Å². The lowest BCUT2D eigenvalue weighted by molar-refractivity contribution is -0.136. The maximum absolute atomic E-state index is 10.7. The third-order valence-corrected chi connectivity index (χ3v) is 2.93. The van der Waals surface area contributed by atoms with Crippen LogP contribution in [0.1, 0.15) is 17.7 Å². The van der Waals surface area contributed by atoms with E-state index in [4.69, 9.17) is 14.4 Å². The van der Waals surface area contributed by atoms with Crippen LogP contribution in [0.4, 0.5) is 0 Å². The van der Waals surface area contributed by atoms with E-state index in [2.05, 4.69) is 5.16 Å². The summed E-state index contributed by atoms with van der Waals surface area (Å²) in [5, 5.41) is 12.7. The van der Waals surface area contributed by atoms with Crippen molar-refractivity contribution in [2.45, 2.75) is 19.8 Å². The van der Waals surface area contributed by atoms with Crippen molar-refractivity contribution in [3.63, 3.8) is 0 Å². The molecule has 0 aliphatic rings. The molecule has 1 heterocycles. The Balaban J connectivity index is 2.42. The number of carboxylic acid groups (broad SMARTS) is 1. The molecule has 1 aromatic carbocycles. The fraction of sp³-hybridized carbons (Fsp3) is 0.286. The van der Waals surface area contributed by atoms with E-state index in [-0.39, 0.29) is 6.42 Å². The summed E-state index contributed by atoms with van der Waals surface area (Å²) in [5.41, 5.74) is 2.31. The van der Waals surface area contributed by atoms with Crippen molar-refractivity contribution in [1.82, 2.24) is 5.16 Å². The molecule has 0 aliphatic carbocycles. The van der Waals surface area contributed by atoms with Gasteiger partial charge < -0.3 is 14.4 Å². The van der Waals surface area contributed by atoms with Gasteiger partial charge in [-0.1, -0.05) is 17.3 Å². The second kappa shape index (κ2) is 5.56. The van der Waals surface area contributed by atoms with Crippen molar-refractivity contribution in [2.75, 3.05) is 7.11 Å². The second-order valence-corrected chi connectivity index (χ2v) is 4.17. The molecule has 5 heteroatoms. The van der Waals surface area contributed by atoms with Crippen molar-refractivity contribution in [3.8, 4) is 17.1 Å². The number of methoxy groups -OCH3 is 1. The molecule has 0 radical (unpaired) electrons. The molecule has 0 saturated heterocycles. The molecule has 0 spiro atoms. The normalized spacial score (nSPS) is 10.4. The lowest BCUT2D eigenvalue weighted by Gasteiger charge is -2.06. The van der Waals surface area contributed by atoms with Gasteiger partial charge in [-0.2, -0.15) is 0 Å². The Morgan fingerprint density at radius 1 is 1.42 bits per heavy atom. The SMILES string of the molecule is COc1ccccc1-c1onc(C)c1CCC(=O)O. The van der Waals surface area contributed by atoms with E-state index in [1.807, 2.05) is 24.3 Å². The van der Waals surface area contributed by atoms with Crippen LogP contribution in [0.25, 0.3) is 11.3 Å². The molecular formula is C14H15NO4. The first-order valence-corrected chi connectivity index (χ1v) is 5.93. The lowest BCUT2D eigenvalue weighted by atomic mass is 10.0. The number of para-hydroxylation sites is 1. The molecule has 1 N–H and O–H groups in total. The molecule has 0 bridgehead atoms. The topological polar surface area (TPSA) is 72.6 Å². The first-order valence-electron chi connectivity index (χ1n) is 5.93. The Bertz CT molecular complexity index is 589. The Morgan fingerprint density at radius 3 is 2.84 bits per heavy atom. The van der Waals surface area contributed by atoms with Gasteiger partial charge in [-0.3, -0.25) is 4.79 Å². The number of hydrogen-bond acceptors (Lipinski definition) is 4. The van der Waals surface area contributed by atoms with Gasteiger partial charge in [0.2, 0.25) is 0 Å². The molecular weight excluding hydrogens is 246 g/mol. The highest BCUT2D eigenvalue weighted by Gasteiger charge is 2.18. The first-order chi connectivity index (χ1) is 9.13. The largest absolute Gasteiger partial charge is 0.496 e. The van der Waals surface area contributed by atoms with E-state index in [0.29, 0.717) is 23.6 Å². The molecule has 2 rings (SSSR count). The zero-order chi connectivity index (χ0) is 13.8. The minimum atomic E-state index is -0.841. The van der Waals surface area contributed by atoms with E-state index in [9.17, 15) is 4.79 Å². The highest BCUT2D eigenvalue weighted by Crippen LogP contribution is 2.33. The van der Waals surface area contributed by atoms with E-state index in [1.165, 1.54) is 0 Å². The Labute approximate surface area is 110 Å². The van der Waals surface area contributed by atoms with Crippen LogP contribution in [0.5, 0.6) is 5.75 Å². The Hall–Kier alpha value is -2.30. The predicted octanol–water partition coefficient (Wildman–Crippen LogP) is 2.68. The monoisotopic (exact) mass is 261 g/mol. The van der Waals surface area contributed by atoms with Crippen LogP contribution in [0, 0.1) is 6.92 Å². The molecule has 2 aromatic rings. The third kappa shape index (κ3) is 2.76. The highest BCUT2D eigenvalue weighted by molar-refractivity contribution is 5.71. The fourth-order valence-electron chi connectivity index (χ4n) is 1.96. The summed E-state index contributed by atoms with van der Waals surface area (Å²) in [6, 6.07) is 7.43. The number of hydrogen-bond donors (Lipinski definition) is 1. The van der Waals surface area contributed by atoms with Crippen molar-refractivity contribution in [1.29, 1.82) is 0 Å². The van der Waals surface area contributed by atoms with Gasteiger partial charge in [-0.25, -0.2) is 0 Å². The average molecular weight is 261 g/mol. The summed E-state index contributed by atoms with van der Waals surface area (Å²) in [4.78, 5) is 10.7. The third-order valence-electron chi connectivity index (χ3n) is 2.93. The van der Waals surface area contributed by atoms with E-state index >= 15 is 0 Å². The van der Waals surface area contributed by atoms with Crippen molar-refractivity contribution in [2.24, 2.45) is 0 Å². The number of nitrogens with zero attached hydrogens (tertiary/aromatic N) is 1. The minimum Gasteiger partial charge on any atom is -0.496 e. The molecule has 0 atom stereocenters. The van der Waals surface area contributed by atoms with Crippen molar-refractivity contribution >= 4 is 5.97 Å². The number of aromatic nitrogens is 1. The summed E-state index contributed by atoms with van der Waals surface area (Å²) < 4.78 is 10.6. The number of carboxylic acids is 1. The van der Waals surface area contributed by atoms with Gasteiger partial charge >= 0.3 is 5.97 Å². The quantitative estimate of drug-likeness (QED) is 0.895. The van der Waals surface area contributed by atoms with Crippen LogP contribution in [0.15, 0.2) is 28.8 Å². The Morgan fingerprint density at radius 2 is 2.16 bits per heavy atom. The van der Waals surface area contributed by atoms with Gasteiger partial charge in [-0.05, 0) is 25.5 Å². The smallest absolute Gasteiger partial charge is 0.303 e. The maximum atomic E-state index is 10.7. The predicted molar refractivity (Wildman–Crippen MR) is 69.2 cm³/mol. The summed E-state index contributed by atoms with van der Waals surface area (Å²) >= 11 is 0. The number of aliphatic carboxylic acids is 1. The van der Waals surface area contributed by atoms with E-state index in [0.717, 1.165) is 11.1 Å². The summed E-state index contributed by atoms with van der Waals surface area (Å²) in [6.07, 6.45) is 0.433. The summed E-state index contributed by atoms with van der Waals surface area (Å²) in [6.45, 7) is 1.81. The zero-order valence-corrected chi connectivity index (χ0v) is 10.8.